The first-order chi connectivity index (χ1) is 5.74. The Morgan fingerprint density at radius 1 is 1.33 bits per heavy atom. The normalized spacial score (nSPS) is 9.92. The van der Waals surface area contributed by atoms with Crippen LogP contribution in [0.4, 0.5) is 0 Å². The van der Waals surface area contributed by atoms with E-state index in [-0.39, 0.29) is 5.97 Å². The topological polar surface area (TPSA) is 26.3 Å². The second kappa shape index (κ2) is 6.65. The first-order valence-corrected chi connectivity index (χ1v) is 4.18. The lowest BCUT2D eigenvalue weighted by Gasteiger charge is -1.95. The summed E-state index contributed by atoms with van der Waals surface area (Å²) in [5.41, 5.74) is 1.33. The van der Waals surface area contributed by atoms with E-state index in [4.69, 9.17) is 0 Å². The van der Waals surface area contributed by atoms with E-state index < -0.39 is 0 Å². The summed E-state index contributed by atoms with van der Waals surface area (Å²) in [6.07, 6.45) is 7.17. The zero-order chi connectivity index (χ0) is 9.40. The van der Waals surface area contributed by atoms with Crippen LogP contribution in [0.25, 0.3) is 0 Å². The molecule has 0 bridgehead atoms. The Morgan fingerprint density at radius 3 is 2.33 bits per heavy atom. The third kappa shape index (κ3) is 4.72. The molecule has 12 heavy (non-hydrogen) atoms. The Balaban J connectivity index is 4.00. The average molecular weight is 168 g/mol. The predicted octanol–water partition coefficient (Wildman–Crippen LogP) is 2.46. The summed E-state index contributed by atoms with van der Waals surface area (Å²) < 4.78 is 4.44. The number of hydrogen-bond donors (Lipinski definition) is 0. The molecule has 2 nitrogen and oxygen atoms in total. The molecule has 0 saturated heterocycles. The first-order valence-electron chi connectivity index (χ1n) is 4.18. The van der Waals surface area contributed by atoms with Crippen molar-refractivity contribution in [3.63, 3.8) is 0 Å². The molecule has 0 aromatic heterocycles. The van der Waals surface area contributed by atoms with Crippen LogP contribution in [-0.2, 0) is 9.53 Å². The smallest absolute Gasteiger partial charge is 0.330 e. The van der Waals surface area contributed by atoms with Gasteiger partial charge in [-0.3, -0.25) is 0 Å². The van der Waals surface area contributed by atoms with Gasteiger partial charge in [-0.05, 0) is 12.8 Å². The molecule has 68 valence electrons. The van der Waals surface area contributed by atoms with Crippen LogP contribution < -0.4 is 0 Å². The van der Waals surface area contributed by atoms with Gasteiger partial charge >= 0.3 is 5.97 Å². The van der Waals surface area contributed by atoms with Crippen LogP contribution in [0.15, 0.2) is 23.8 Å². The van der Waals surface area contributed by atoms with E-state index >= 15 is 0 Å². The van der Waals surface area contributed by atoms with E-state index in [1.165, 1.54) is 18.8 Å². The third-order valence-corrected chi connectivity index (χ3v) is 1.67. The second-order valence-electron chi connectivity index (χ2n) is 2.41. The molecular formula is C10H16O2. The van der Waals surface area contributed by atoms with Crippen LogP contribution in [-0.4, -0.2) is 13.1 Å². The molecule has 0 aliphatic carbocycles. The van der Waals surface area contributed by atoms with Crippen molar-refractivity contribution in [1.82, 2.24) is 0 Å². The van der Waals surface area contributed by atoms with Crippen molar-refractivity contribution in [1.29, 1.82) is 0 Å². The summed E-state index contributed by atoms with van der Waals surface area (Å²) in [4.78, 5) is 10.6. The Hall–Kier alpha value is -1.05. The van der Waals surface area contributed by atoms with Gasteiger partial charge in [-0.2, -0.15) is 0 Å². The summed E-state index contributed by atoms with van der Waals surface area (Å²) in [6.45, 7) is 4.20. The molecule has 0 aliphatic heterocycles. The molecule has 0 fully saturated rings. The molecule has 0 unspecified atom stereocenters. The van der Waals surface area contributed by atoms with E-state index in [0.717, 1.165) is 12.8 Å². The summed E-state index contributed by atoms with van der Waals surface area (Å²) in [5, 5.41) is 0. The van der Waals surface area contributed by atoms with Gasteiger partial charge in [-0.15, -0.1) is 0 Å². The summed E-state index contributed by atoms with van der Waals surface area (Å²) in [6, 6.07) is 0. The minimum Gasteiger partial charge on any atom is -0.466 e. The number of allylic oxidation sites excluding steroid dienone is 3. The molecule has 0 atom stereocenters. The lowest BCUT2D eigenvalue weighted by Crippen LogP contribution is -1.92. The largest absolute Gasteiger partial charge is 0.466 e. The summed E-state index contributed by atoms with van der Waals surface area (Å²) >= 11 is 0. The number of carbonyl (C=O) groups excluding carboxylic acids is 1. The average Bonchev–Trinajstić information content (AvgIpc) is 2.12. The molecule has 0 aliphatic rings. The Morgan fingerprint density at radius 2 is 1.92 bits per heavy atom. The fraction of sp³-hybridized carbons (Fsp3) is 0.500. The fourth-order valence-corrected chi connectivity index (χ4v) is 0.817. The van der Waals surface area contributed by atoms with Crippen molar-refractivity contribution in [3.8, 4) is 0 Å². The maximum Gasteiger partial charge on any atom is 0.330 e. The highest BCUT2D eigenvalue weighted by atomic mass is 16.5. The maximum absolute atomic E-state index is 10.6. The second-order valence-corrected chi connectivity index (χ2v) is 2.41. The maximum atomic E-state index is 10.6. The Labute approximate surface area is 73.9 Å². The molecule has 0 heterocycles. The zero-order valence-corrected chi connectivity index (χ0v) is 7.96. The van der Waals surface area contributed by atoms with Crippen LogP contribution in [0.3, 0.4) is 0 Å². The van der Waals surface area contributed by atoms with Crippen LogP contribution >= 0.6 is 0 Å². The number of ether oxygens (including phenoxy) is 1. The Kier molecular flexibility index (Phi) is 6.07. The van der Waals surface area contributed by atoms with Crippen molar-refractivity contribution < 1.29 is 9.53 Å². The SMILES string of the molecule is CCC(=CC=CC(=O)OC)CC. The molecule has 0 aromatic rings. The van der Waals surface area contributed by atoms with Gasteiger partial charge in [0, 0.05) is 6.08 Å². The molecule has 2 heteroatoms. The third-order valence-electron chi connectivity index (χ3n) is 1.67. The van der Waals surface area contributed by atoms with E-state index in [1.807, 2.05) is 6.08 Å². The standard InChI is InChI=1S/C10H16O2/c1-4-9(5-2)7-6-8-10(11)12-3/h6-8H,4-5H2,1-3H3. The molecule has 0 saturated carbocycles. The minimum absolute atomic E-state index is 0.308. The minimum atomic E-state index is -0.308. The number of esters is 1. The van der Waals surface area contributed by atoms with Gasteiger partial charge in [0.15, 0.2) is 0 Å². The van der Waals surface area contributed by atoms with E-state index in [2.05, 4.69) is 18.6 Å². The van der Waals surface area contributed by atoms with Gasteiger partial charge < -0.3 is 4.74 Å². The van der Waals surface area contributed by atoms with E-state index in [0.29, 0.717) is 0 Å². The number of methoxy groups -OCH3 is 1. The molecule has 0 rings (SSSR count). The van der Waals surface area contributed by atoms with Gasteiger partial charge in [0.05, 0.1) is 7.11 Å². The Bertz CT molecular complexity index is 184. The highest BCUT2D eigenvalue weighted by molar-refractivity contribution is 5.82. The number of carbonyl (C=O) groups is 1. The van der Waals surface area contributed by atoms with Crippen molar-refractivity contribution in [2.24, 2.45) is 0 Å². The van der Waals surface area contributed by atoms with Crippen molar-refractivity contribution in [2.45, 2.75) is 26.7 Å². The quantitative estimate of drug-likeness (QED) is 0.366. The molecular weight excluding hydrogens is 152 g/mol. The van der Waals surface area contributed by atoms with Crippen LogP contribution in [0.2, 0.25) is 0 Å². The molecule has 0 spiro atoms. The molecule has 0 aromatic carbocycles. The highest BCUT2D eigenvalue weighted by Crippen LogP contribution is 2.04. The lowest BCUT2D eigenvalue weighted by atomic mass is 10.1. The number of hydrogen-bond acceptors (Lipinski definition) is 2. The van der Waals surface area contributed by atoms with Crippen molar-refractivity contribution >= 4 is 5.97 Å². The fourth-order valence-electron chi connectivity index (χ4n) is 0.817. The predicted molar refractivity (Wildman–Crippen MR) is 49.8 cm³/mol. The van der Waals surface area contributed by atoms with Gasteiger partial charge in [0.2, 0.25) is 0 Å². The monoisotopic (exact) mass is 168 g/mol. The summed E-state index contributed by atoms with van der Waals surface area (Å²) in [5.74, 6) is -0.308. The van der Waals surface area contributed by atoms with Gasteiger partial charge in [-0.25, -0.2) is 4.79 Å². The molecule has 0 radical (unpaired) electrons. The molecule has 0 amide bonds. The van der Waals surface area contributed by atoms with E-state index in [1.54, 1.807) is 6.08 Å². The first kappa shape index (κ1) is 11.0. The van der Waals surface area contributed by atoms with Crippen LogP contribution in [0.1, 0.15) is 26.7 Å². The van der Waals surface area contributed by atoms with Crippen molar-refractivity contribution in [2.75, 3.05) is 7.11 Å². The van der Waals surface area contributed by atoms with Gasteiger partial charge in [0.25, 0.3) is 0 Å². The van der Waals surface area contributed by atoms with Gasteiger partial charge in [-0.1, -0.05) is 31.6 Å². The number of rotatable bonds is 4. The van der Waals surface area contributed by atoms with Crippen LogP contribution in [0.5, 0.6) is 0 Å². The van der Waals surface area contributed by atoms with E-state index in [9.17, 15) is 4.79 Å². The molecule has 0 N–H and O–H groups in total. The summed E-state index contributed by atoms with van der Waals surface area (Å²) in [7, 11) is 1.37. The van der Waals surface area contributed by atoms with Crippen molar-refractivity contribution in [3.05, 3.63) is 23.8 Å². The lowest BCUT2D eigenvalue weighted by molar-refractivity contribution is -0.134. The van der Waals surface area contributed by atoms with Crippen LogP contribution in [0, 0.1) is 0 Å². The zero-order valence-electron chi connectivity index (χ0n) is 7.96. The van der Waals surface area contributed by atoms with Gasteiger partial charge in [0.1, 0.15) is 0 Å². The highest BCUT2D eigenvalue weighted by Gasteiger charge is 1.89.